The minimum atomic E-state index is 0.442. The van der Waals surface area contributed by atoms with Crippen LogP contribution in [0.25, 0.3) is 0 Å². The lowest BCUT2D eigenvalue weighted by Crippen LogP contribution is -2.06. The van der Waals surface area contributed by atoms with Crippen LogP contribution in [0, 0.1) is 6.92 Å². The lowest BCUT2D eigenvalue weighted by Gasteiger charge is -2.14. The molecule has 3 aromatic rings. The van der Waals surface area contributed by atoms with Crippen LogP contribution in [-0.4, -0.2) is 18.0 Å². The third-order valence-corrected chi connectivity index (χ3v) is 4.42. The Kier molecular flexibility index (Phi) is 5.44. The summed E-state index contributed by atoms with van der Waals surface area (Å²) in [6, 6.07) is 20.9. The number of nitrogens with zero attached hydrogens (tertiary/aromatic N) is 1. The third-order valence-electron chi connectivity index (χ3n) is 4.11. The number of aryl methyl sites for hydroxylation is 1. The van der Waals surface area contributed by atoms with Gasteiger partial charge in [0, 0.05) is 16.8 Å². The standard InChI is InChI=1S/C21H19ClN2O2/c1-14-7-3-4-8-16(14)21(24-25)17-12-11-15(13-18(17)22)23-19-9-5-6-10-20(19)26-2/h3-13,23,25H,1-2H3. The maximum Gasteiger partial charge on any atom is 0.142 e. The maximum absolute atomic E-state index is 9.55. The molecular formula is C21H19ClN2O2. The first-order valence-corrected chi connectivity index (χ1v) is 8.50. The highest BCUT2D eigenvalue weighted by Crippen LogP contribution is 2.30. The Bertz CT molecular complexity index is 954. The van der Waals surface area contributed by atoms with Crippen molar-refractivity contribution >= 4 is 28.7 Å². The summed E-state index contributed by atoms with van der Waals surface area (Å²) < 4.78 is 5.35. The zero-order chi connectivity index (χ0) is 18.5. The van der Waals surface area contributed by atoms with E-state index < -0.39 is 0 Å². The lowest BCUT2D eigenvalue weighted by atomic mass is 9.98. The lowest BCUT2D eigenvalue weighted by molar-refractivity contribution is 0.319. The van der Waals surface area contributed by atoms with Crippen molar-refractivity contribution in [3.05, 3.63) is 88.4 Å². The average molecular weight is 367 g/mol. The third kappa shape index (κ3) is 3.65. The minimum absolute atomic E-state index is 0.442. The molecule has 0 radical (unpaired) electrons. The van der Waals surface area contributed by atoms with Crippen molar-refractivity contribution in [2.75, 3.05) is 12.4 Å². The highest BCUT2D eigenvalue weighted by molar-refractivity contribution is 6.35. The van der Waals surface area contributed by atoms with E-state index in [0.29, 0.717) is 16.3 Å². The highest BCUT2D eigenvalue weighted by Gasteiger charge is 2.14. The van der Waals surface area contributed by atoms with Gasteiger partial charge in [0.1, 0.15) is 11.5 Å². The van der Waals surface area contributed by atoms with Crippen LogP contribution < -0.4 is 10.1 Å². The molecule has 0 heterocycles. The van der Waals surface area contributed by atoms with Gasteiger partial charge >= 0.3 is 0 Å². The molecule has 0 fully saturated rings. The van der Waals surface area contributed by atoms with Crippen molar-refractivity contribution in [3.63, 3.8) is 0 Å². The molecule has 0 bridgehead atoms. The zero-order valence-corrected chi connectivity index (χ0v) is 15.3. The molecule has 3 aromatic carbocycles. The molecule has 2 N–H and O–H groups in total. The van der Waals surface area contributed by atoms with Crippen LogP contribution in [0.2, 0.25) is 5.02 Å². The number of halogens is 1. The number of ether oxygens (including phenoxy) is 1. The summed E-state index contributed by atoms with van der Waals surface area (Å²) in [6.45, 7) is 1.96. The van der Waals surface area contributed by atoms with Gasteiger partial charge in [0.05, 0.1) is 17.8 Å². The van der Waals surface area contributed by atoms with E-state index in [4.69, 9.17) is 16.3 Å². The van der Waals surface area contributed by atoms with Crippen molar-refractivity contribution < 1.29 is 9.94 Å². The van der Waals surface area contributed by atoms with Gasteiger partial charge in [0.25, 0.3) is 0 Å². The molecule has 0 aliphatic rings. The van der Waals surface area contributed by atoms with Gasteiger partial charge in [-0.3, -0.25) is 0 Å². The summed E-state index contributed by atoms with van der Waals surface area (Å²) in [7, 11) is 1.63. The summed E-state index contributed by atoms with van der Waals surface area (Å²) in [4.78, 5) is 0. The van der Waals surface area contributed by atoms with Gasteiger partial charge < -0.3 is 15.3 Å². The van der Waals surface area contributed by atoms with Gasteiger partial charge in [0.15, 0.2) is 0 Å². The fourth-order valence-corrected chi connectivity index (χ4v) is 3.05. The van der Waals surface area contributed by atoms with Crippen LogP contribution in [0.4, 0.5) is 11.4 Å². The van der Waals surface area contributed by atoms with E-state index in [1.807, 2.05) is 67.6 Å². The van der Waals surface area contributed by atoms with Gasteiger partial charge in [-0.1, -0.05) is 53.2 Å². The summed E-state index contributed by atoms with van der Waals surface area (Å²) in [5.74, 6) is 0.741. The van der Waals surface area contributed by atoms with E-state index in [1.165, 1.54) is 0 Å². The van der Waals surface area contributed by atoms with Crippen molar-refractivity contribution in [2.24, 2.45) is 5.16 Å². The molecule has 4 nitrogen and oxygen atoms in total. The second-order valence-corrected chi connectivity index (χ2v) is 6.19. The molecule has 26 heavy (non-hydrogen) atoms. The van der Waals surface area contributed by atoms with E-state index >= 15 is 0 Å². The Morgan fingerprint density at radius 3 is 2.42 bits per heavy atom. The Labute approximate surface area is 157 Å². The molecule has 132 valence electrons. The maximum atomic E-state index is 9.55. The number of oxime groups is 1. The van der Waals surface area contributed by atoms with E-state index in [-0.39, 0.29) is 0 Å². The normalized spacial score (nSPS) is 11.3. The van der Waals surface area contributed by atoms with Gasteiger partial charge in [-0.25, -0.2) is 0 Å². The van der Waals surface area contributed by atoms with Crippen LogP contribution in [0.15, 0.2) is 71.9 Å². The second-order valence-electron chi connectivity index (χ2n) is 5.78. The molecular weight excluding hydrogens is 348 g/mol. The predicted molar refractivity (Wildman–Crippen MR) is 106 cm³/mol. The number of anilines is 2. The van der Waals surface area contributed by atoms with Crippen LogP contribution in [0.3, 0.4) is 0 Å². The smallest absolute Gasteiger partial charge is 0.142 e. The molecule has 0 saturated carbocycles. The number of hydrogen-bond donors (Lipinski definition) is 2. The average Bonchev–Trinajstić information content (AvgIpc) is 2.66. The Morgan fingerprint density at radius 1 is 1.00 bits per heavy atom. The molecule has 3 rings (SSSR count). The van der Waals surface area contributed by atoms with Crippen LogP contribution in [0.1, 0.15) is 16.7 Å². The van der Waals surface area contributed by atoms with Crippen molar-refractivity contribution in [1.29, 1.82) is 0 Å². The topological polar surface area (TPSA) is 53.8 Å². The molecule has 0 spiro atoms. The monoisotopic (exact) mass is 366 g/mol. The summed E-state index contributed by atoms with van der Waals surface area (Å²) >= 11 is 6.48. The number of para-hydroxylation sites is 2. The fourth-order valence-electron chi connectivity index (χ4n) is 2.78. The summed E-state index contributed by atoms with van der Waals surface area (Å²) in [6.07, 6.45) is 0. The van der Waals surface area contributed by atoms with E-state index in [1.54, 1.807) is 13.2 Å². The van der Waals surface area contributed by atoms with E-state index in [9.17, 15) is 5.21 Å². The first-order chi connectivity index (χ1) is 12.6. The number of rotatable bonds is 5. The van der Waals surface area contributed by atoms with Crippen LogP contribution in [-0.2, 0) is 0 Å². The minimum Gasteiger partial charge on any atom is -0.495 e. The van der Waals surface area contributed by atoms with Crippen molar-refractivity contribution in [1.82, 2.24) is 0 Å². The SMILES string of the molecule is COc1ccccc1Nc1ccc(C(=NO)c2ccccc2C)c(Cl)c1. The molecule has 0 atom stereocenters. The molecule has 0 saturated heterocycles. The molecule has 0 amide bonds. The van der Waals surface area contributed by atoms with Gasteiger partial charge in [-0.2, -0.15) is 0 Å². The molecule has 5 heteroatoms. The van der Waals surface area contributed by atoms with Crippen molar-refractivity contribution in [2.45, 2.75) is 6.92 Å². The largest absolute Gasteiger partial charge is 0.495 e. The first-order valence-electron chi connectivity index (χ1n) is 8.12. The number of nitrogens with one attached hydrogen (secondary N) is 1. The summed E-state index contributed by atoms with van der Waals surface area (Å²) in [5.41, 5.74) is 4.60. The predicted octanol–water partition coefficient (Wildman–Crippen LogP) is 5.63. The van der Waals surface area contributed by atoms with Gasteiger partial charge in [-0.05, 0) is 42.8 Å². The van der Waals surface area contributed by atoms with Gasteiger partial charge in [-0.15, -0.1) is 0 Å². The second kappa shape index (κ2) is 7.93. The van der Waals surface area contributed by atoms with Gasteiger partial charge in [0.2, 0.25) is 0 Å². The summed E-state index contributed by atoms with van der Waals surface area (Å²) in [5, 5.41) is 16.8. The quantitative estimate of drug-likeness (QED) is 0.349. The Morgan fingerprint density at radius 2 is 1.73 bits per heavy atom. The number of benzene rings is 3. The molecule has 0 unspecified atom stereocenters. The highest BCUT2D eigenvalue weighted by atomic mass is 35.5. The van der Waals surface area contributed by atoms with E-state index in [2.05, 4.69) is 10.5 Å². The fraction of sp³-hybridized carbons (Fsp3) is 0.0952. The number of hydrogen-bond acceptors (Lipinski definition) is 4. The van der Waals surface area contributed by atoms with Crippen LogP contribution in [0.5, 0.6) is 5.75 Å². The van der Waals surface area contributed by atoms with Crippen LogP contribution >= 0.6 is 11.6 Å². The Balaban J connectivity index is 1.94. The van der Waals surface area contributed by atoms with E-state index in [0.717, 1.165) is 28.3 Å². The Hall–Kier alpha value is -2.98. The molecule has 0 aliphatic heterocycles. The zero-order valence-electron chi connectivity index (χ0n) is 14.5. The molecule has 0 aromatic heterocycles. The van der Waals surface area contributed by atoms with Crippen molar-refractivity contribution in [3.8, 4) is 5.75 Å². The molecule has 0 aliphatic carbocycles. The number of methoxy groups -OCH3 is 1. The first kappa shape index (κ1) is 17.8.